The number of pyridine rings is 1. The standard InChI is InChI=1S/C15H18ClN3O4.C9H7ClN4O/c1-15(2,3)23-14(22)17-6-7-19-10(13(20)21)8-9-4-5-11(16)18-12(9)19;10-9-12-4-5-3-6-8(15)11-1-2-14(6)7(5)13-9/h4-5,8H,6-7H2,1-3H3,(H,17,22)(H,20,21);3-4H,1-2H2,(H,11,15). The van der Waals surface area contributed by atoms with Crippen LogP contribution in [0, 0.1) is 0 Å². The monoisotopic (exact) mass is 561 g/mol. The number of halogens is 2. The van der Waals surface area contributed by atoms with Crippen LogP contribution in [0.25, 0.3) is 22.1 Å². The number of aromatic carboxylic acids is 1. The lowest BCUT2D eigenvalue weighted by molar-refractivity contribution is 0.0526. The Morgan fingerprint density at radius 2 is 1.92 bits per heavy atom. The van der Waals surface area contributed by atoms with Gasteiger partial charge in [0.25, 0.3) is 5.91 Å². The maximum atomic E-state index is 11.6. The minimum absolute atomic E-state index is 0.0737. The fourth-order valence-corrected chi connectivity index (χ4v) is 4.17. The highest BCUT2D eigenvalue weighted by molar-refractivity contribution is 6.29. The number of amides is 2. The normalized spacial score (nSPS) is 12.9. The smallest absolute Gasteiger partial charge is 0.407 e. The molecule has 2 amide bonds. The topological polar surface area (TPSA) is 153 Å². The fraction of sp³-hybridized carbons (Fsp3) is 0.333. The molecule has 38 heavy (non-hydrogen) atoms. The van der Waals surface area contributed by atoms with Gasteiger partial charge >= 0.3 is 12.1 Å². The van der Waals surface area contributed by atoms with Gasteiger partial charge in [-0.25, -0.2) is 19.6 Å². The van der Waals surface area contributed by atoms with E-state index in [1.54, 1.807) is 45.2 Å². The van der Waals surface area contributed by atoms with E-state index in [1.807, 2.05) is 4.57 Å². The number of aromatic nitrogens is 5. The van der Waals surface area contributed by atoms with Crippen molar-refractivity contribution in [2.75, 3.05) is 13.1 Å². The summed E-state index contributed by atoms with van der Waals surface area (Å²) in [7, 11) is 0. The molecule has 1 aliphatic rings. The summed E-state index contributed by atoms with van der Waals surface area (Å²) >= 11 is 11.6. The lowest BCUT2D eigenvalue weighted by atomic mass is 10.2. The van der Waals surface area contributed by atoms with Crippen molar-refractivity contribution < 1.29 is 24.2 Å². The third kappa shape index (κ3) is 6.14. The largest absolute Gasteiger partial charge is 0.477 e. The number of carboxylic acids is 1. The average molecular weight is 562 g/mol. The Balaban J connectivity index is 0.000000192. The second-order valence-corrected chi connectivity index (χ2v) is 10.0. The minimum atomic E-state index is -1.07. The van der Waals surface area contributed by atoms with Crippen molar-refractivity contribution in [3.8, 4) is 0 Å². The molecule has 14 heteroatoms. The number of rotatable bonds is 4. The van der Waals surface area contributed by atoms with Crippen LogP contribution in [0.3, 0.4) is 0 Å². The highest BCUT2D eigenvalue weighted by atomic mass is 35.5. The van der Waals surface area contributed by atoms with Crippen molar-refractivity contribution in [1.82, 2.24) is 34.7 Å². The van der Waals surface area contributed by atoms with Crippen LogP contribution in [-0.4, -0.2) is 65.9 Å². The van der Waals surface area contributed by atoms with Gasteiger partial charge in [-0.3, -0.25) is 4.79 Å². The minimum Gasteiger partial charge on any atom is -0.477 e. The number of alkyl carbamates (subject to hydrolysis) is 1. The number of carboxylic acid groups (broad SMARTS) is 1. The van der Waals surface area contributed by atoms with Crippen molar-refractivity contribution in [3.63, 3.8) is 0 Å². The van der Waals surface area contributed by atoms with E-state index in [1.165, 1.54) is 10.6 Å². The van der Waals surface area contributed by atoms with Gasteiger partial charge in [0.1, 0.15) is 33.4 Å². The van der Waals surface area contributed by atoms with E-state index in [9.17, 15) is 19.5 Å². The van der Waals surface area contributed by atoms with E-state index in [0.717, 1.165) is 17.6 Å². The van der Waals surface area contributed by atoms with Gasteiger partial charge in [0.15, 0.2) is 0 Å². The van der Waals surface area contributed by atoms with Gasteiger partial charge in [0.2, 0.25) is 5.28 Å². The van der Waals surface area contributed by atoms with Crippen LogP contribution < -0.4 is 10.6 Å². The molecular formula is C24H25Cl2N7O5. The zero-order valence-corrected chi connectivity index (χ0v) is 22.3. The molecule has 0 atom stereocenters. The number of carbonyl (C=O) groups is 3. The van der Waals surface area contributed by atoms with Gasteiger partial charge in [-0.2, -0.15) is 4.98 Å². The molecule has 0 bridgehead atoms. The lowest BCUT2D eigenvalue weighted by Gasteiger charge is -2.19. The van der Waals surface area contributed by atoms with Gasteiger partial charge in [-0.15, -0.1) is 0 Å². The lowest BCUT2D eigenvalue weighted by Crippen LogP contribution is -2.34. The van der Waals surface area contributed by atoms with Gasteiger partial charge in [0, 0.05) is 43.1 Å². The summed E-state index contributed by atoms with van der Waals surface area (Å²) in [6.45, 7) is 7.07. The molecule has 12 nitrogen and oxygen atoms in total. The van der Waals surface area contributed by atoms with Gasteiger partial charge in [-0.1, -0.05) is 11.6 Å². The third-order valence-corrected chi connectivity index (χ3v) is 5.78. The molecule has 0 unspecified atom stereocenters. The summed E-state index contributed by atoms with van der Waals surface area (Å²) in [5, 5.41) is 16.6. The number of fused-ring (bicyclic) bond motifs is 4. The van der Waals surface area contributed by atoms with Gasteiger partial charge in [0.05, 0.1) is 0 Å². The van der Waals surface area contributed by atoms with E-state index in [-0.39, 0.29) is 35.1 Å². The number of nitrogens with zero attached hydrogens (tertiary/aromatic N) is 5. The molecule has 5 heterocycles. The first-order valence-corrected chi connectivity index (χ1v) is 12.3. The van der Waals surface area contributed by atoms with Crippen LogP contribution in [0.15, 0.2) is 30.5 Å². The summed E-state index contributed by atoms with van der Waals surface area (Å²) < 4.78 is 8.49. The molecule has 3 N–H and O–H groups in total. The summed E-state index contributed by atoms with van der Waals surface area (Å²) in [4.78, 5) is 46.7. The SMILES string of the molecule is CC(C)(C)OC(=O)NCCn1c(C(=O)O)cc2ccc(Cl)nc21.O=C1NCCn2c1cc1cnc(Cl)nc12. The molecule has 0 radical (unpaired) electrons. The van der Waals surface area contributed by atoms with Crippen molar-refractivity contribution in [3.05, 3.63) is 52.3 Å². The average Bonchev–Trinajstić information content (AvgIpc) is 3.37. The molecule has 1 aliphatic heterocycles. The molecule has 0 saturated heterocycles. The molecular weight excluding hydrogens is 537 g/mol. The maximum Gasteiger partial charge on any atom is 0.407 e. The first kappa shape index (κ1) is 27.1. The summed E-state index contributed by atoms with van der Waals surface area (Å²) in [6.07, 6.45) is 1.07. The molecule has 5 rings (SSSR count). The summed E-state index contributed by atoms with van der Waals surface area (Å²) in [6, 6.07) is 6.60. The Labute approximate surface area is 226 Å². The molecule has 4 aromatic heterocycles. The van der Waals surface area contributed by atoms with Crippen LogP contribution in [0.4, 0.5) is 4.79 Å². The number of carbonyl (C=O) groups excluding carboxylic acids is 2. The summed E-state index contributed by atoms with van der Waals surface area (Å²) in [5.74, 6) is -1.15. The van der Waals surface area contributed by atoms with E-state index in [2.05, 4.69) is 25.6 Å². The van der Waals surface area contributed by atoms with Crippen LogP contribution in [-0.2, 0) is 17.8 Å². The van der Waals surface area contributed by atoms with Gasteiger partial charge < -0.3 is 29.6 Å². The van der Waals surface area contributed by atoms with Crippen LogP contribution in [0.1, 0.15) is 41.7 Å². The predicted molar refractivity (Wildman–Crippen MR) is 141 cm³/mol. The van der Waals surface area contributed by atoms with Crippen LogP contribution in [0.2, 0.25) is 10.4 Å². The zero-order valence-electron chi connectivity index (χ0n) is 20.8. The van der Waals surface area contributed by atoms with E-state index >= 15 is 0 Å². The summed E-state index contributed by atoms with van der Waals surface area (Å²) in [5.41, 5.74) is 1.29. The molecule has 200 valence electrons. The maximum absolute atomic E-state index is 11.6. The number of hydrogen-bond acceptors (Lipinski definition) is 7. The fourth-order valence-electron chi connectivity index (χ4n) is 3.90. The first-order valence-electron chi connectivity index (χ1n) is 11.6. The third-order valence-electron chi connectivity index (χ3n) is 5.39. The van der Waals surface area contributed by atoms with Crippen molar-refractivity contribution in [1.29, 1.82) is 0 Å². The molecule has 4 aromatic rings. The zero-order chi connectivity index (χ0) is 27.6. The molecule has 0 spiro atoms. The van der Waals surface area contributed by atoms with Crippen molar-refractivity contribution >= 4 is 63.2 Å². The Hall–Kier alpha value is -3.90. The van der Waals surface area contributed by atoms with Crippen LogP contribution >= 0.6 is 23.2 Å². The van der Waals surface area contributed by atoms with Crippen molar-refractivity contribution in [2.24, 2.45) is 0 Å². The Kier molecular flexibility index (Phi) is 7.74. The predicted octanol–water partition coefficient (Wildman–Crippen LogP) is 3.74. The van der Waals surface area contributed by atoms with E-state index in [0.29, 0.717) is 23.3 Å². The van der Waals surface area contributed by atoms with Crippen molar-refractivity contribution in [2.45, 2.75) is 39.5 Å². The second-order valence-electron chi connectivity index (χ2n) is 9.32. The van der Waals surface area contributed by atoms with Gasteiger partial charge in [-0.05, 0) is 56.6 Å². The Morgan fingerprint density at radius 1 is 1.16 bits per heavy atom. The van der Waals surface area contributed by atoms with E-state index < -0.39 is 17.7 Å². The number of ether oxygens (including phenoxy) is 1. The first-order chi connectivity index (χ1) is 17.9. The quantitative estimate of drug-likeness (QED) is 0.251. The van der Waals surface area contributed by atoms with Crippen LogP contribution in [0.5, 0.6) is 0 Å². The second kappa shape index (κ2) is 10.8. The molecule has 0 fully saturated rings. The highest BCUT2D eigenvalue weighted by Gasteiger charge is 2.21. The molecule has 0 saturated carbocycles. The molecule has 0 aliphatic carbocycles. The Morgan fingerprint density at radius 3 is 2.63 bits per heavy atom. The number of nitrogens with one attached hydrogen (secondary N) is 2. The Bertz CT molecular complexity index is 1540. The van der Waals surface area contributed by atoms with E-state index in [4.69, 9.17) is 27.9 Å². The molecule has 0 aromatic carbocycles. The highest BCUT2D eigenvalue weighted by Crippen LogP contribution is 2.21. The number of hydrogen-bond donors (Lipinski definition) is 3.